The van der Waals surface area contributed by atoms with Crippen molar-refractivity contribution in [1.29, 1.82) is 0 Å². The van der Waals surface area contributed by atoms with Crippen molar-refractivity contribution in [3.8, 4) is 17.0 Å². The Morgan fingerprint density at radius 3 is 2.62 bits per heavy atom. The number of hydrogen-bond donors (Lipinski definition) is 0. The number of ether oxygens (including phenoxy) is 1. The zero-order valence-electron chi connectivity index (χ0n) is 16.8. The second-order valence-corrected chi connectivity index (χ2v) is 7.15. The first-order chi connectivity index (χ1) is 14.2. The molecule has 0 spiro atoms. The molecule has 0 N–H and O–H groups in total. The summed E-state index contributed by atoms with van der Waals surface area (Å²) in [5.41, 5.74) is 3.71. The molecule has 4 rings (SSSR count). The van der Waals surface area contributed by atoms with Crippen LogP contribution in [0.5, 0.6) is 5.75 Å². The minimum Gasteiger partial charge on any atom is -0.496 e. The van der Waals surface area contributed by atoms with Crippen LogP contribution in [0.25, 0.3) is 11.3 Å². The number of rotatable bonds is 5. The fourth-order valence-electron chi connectivity index (χ4n) is 3.64. The largest absolute Gasteiger partial charge is 0.496 e. The molecular weight excluding hydrogens is 366 g/mol. The van der Waals surface area contributed by atoms with E-state index >= 15 is 0 Å². The minimum atomic E-state index is 0.0292. The number of aromatic nitrogens is 3. The average molecular weight is 391 g/mol. The monoisotopic (exact) mass is 391 g/mol. The van der Waals surface area contributed by atoms with Crippen molar-refractivity contribution in [3.63, 3.8) is 0 Å². The Labute approximate surface area is 170 Å². The highest BCUT2D eigenvalue weighted by Crippen LogP contribution is 2.21. The minimum absolute atomic E-state index is 0.0292. The van der Waals surface area contributed by atoms with E-state index in [1.807, 2.05) is 59.2 Å². The van der Waals surface area contributed by atoms with Crippen LogP contribution in [-0.4, -0.2) is 63.8 Å². The molecule has 1 fully saturated rings. The highest BCUT2D eigenvalue weighted by atomic mass is 16.5. The Bertz CT molecular complexity index is 978. The molecule has 2 aromatic heterocycles. The van der Waals surface area contributed by atoms with Gasteiger partial charge in [0, 0.05) is 57.7 Å². The molecule has 1 aromatic carbocycles. The van der Waals surface area contributed by atoms with E-state index in [-0.39, 0.29) is 5.91 Å². The van der Waals surface area contributed by atoms with Gasteiger partial charge in [-0.05, 0) is 30.3 Å². The molecule has 0 atom stereocenters. The predicted molar refractivity (Wildman–Crippen MR) is 111 cm³/mol. The molecular formula is C22H25N5O2. The second-order valence-electron chi connectivity index (χ2n) is 7.15. The first-order valence-electron chi connectivity index (χ1n) is 9.73. The summed E-state index contributed by atoms with van der Waals surface area (Å²) in [6.45, 7) is 3.86. The average Bonchev–Trinajstić information content (AvgIpc) is 3.14. The fourth-order valence-corrected chi connectivity index (χ4v) is 3.64. The summed E-state index contributed by atoms with van der Waals surface area (Å²) in [7, 11) is 3.56. The van der Waals surface area contributed by atoms with E-state index in [0.29, 0.717) is 24.4 Å². The van der Waals surface area contributed by atoms with Crippen LogP contribution < -0.4 is 4.74 Å². The third-order valence-electron chi connectivity index (χ3n) is 5.32. The second kappa shape index (κ2) is 8.45. The third-order valence-corrected chi connectivity index (χ3v) is 5.32. The summed E-state index contributed by atoms with van der Waals surface area (Å²) in [5, 5.41) is 4.62. The smallest absolute Gasteiger partial charge is 0.257 e. The lowest BCUT2D eigenvalue weighted by Crippen LogP contribution is -2.48. The van der Waals surface area contributed by atoms with Crippen molar-refractivity contribution in [2.75, 3.05) is 33.3 Å². The van der Waals surface area contributed by atoms with Gasteiger partial charge in [-0.15, -0.1) is 0 Å². The third kappa shape index (κ3) is 4.14. The Hall–Kier alpha value is -3.19. The number of methoxy groups -OCH3 is 1. The van der Waals surface area contributed by atoms with E-state index in [0.717, 1.165) is 36.6 Å². The number of piperazine rings is 1. The van der Waals surface area contributed by atoms with Gasteiger partial charge in [-0.25, -0.2) is 0 Å². The van der Waals surface area contributed by atoms with Crippen LogP contribution in [0, 0.1) is 0 Å². The molecule has 3 heterocycles. The molecule has 7 nitrogen and oxygen atoms in total. The quantitative estimate of drug-likeness (QED) is 0.669. The van der Waals surface area contributed by atoms with Crippen LogP contribution in [0.1, 0.15) is 16.1 Å². The highest BCUT2D eigenvalue weighted by Gasteiger charge is 2.24. The first-order valence-corrected chi connectivity index (χ1v) is 9.73. The molecule has 7 heteroatoms. The van der Waals surface area contributed by atoms with Gasteiger partial charge in [0.2, 0.25) is 0 Å². The van der Waals surface area contributed by atoms with Crippen molar-refractivity contribution in [2.45, 2.75) is 6.54 Å². The van der Waals surface area contributed by atoms with Gasteiger partial charge < -0.3 is 9.64 Å². The SMILES string of the molecule is COc1ccccc1C(=O)N1CCN(Cc2cc(-c3cccnc3)nn2C)CC1. The molecule has 1 amide bonds. The van der Waals surface area contributed by atoms with Crippen LogP contribution in [0.2, 0.25) is 0 Å². The molecule has 150 valence electrons. The standard InChI is InChI=1S/C22H25N5O2/c1-25-18(14-20(24-25)17-6-5-9-23-15-17)16-26-10-12-27(13-11-26)22(28)19-7-3-4-8-21(19)29-2/h3-9,14-15H,10-13,16H2,1-2H3. The maximum atomic E-state index is 12.9. The number of nitrogens with zero attached hydrogens (tertiary/aromatic N) is 5. The van der Waals surface area contributed by atoms with Crippen molar-refractivity contribution in [2.24, 2.45) is 7.05 Å². The van der Waals surface area contributed by atoms with E-state index in [2.05, 4.69) is 21.0 Å². The summed E-state index contributed by atoms with van der Waals surface area (Å²) < 4.78 is 7.26. The van der Waals surface area contributed by atoms with Crippen molar-refractivity contribution >= 4 is 5.91 Å². The number of hydrogen-bond acceptors (Lipinski definition) is 5. The van der Waals surface area contributed by atoms with Gasteiger partial charge >= 0.3 is 0 Å². The molecule has 3 aromatic rings. The Balaban J connectivity index is 1.38. The molecule has 0 saturated carbocycles. The van der Waals surface area contributed by atoms with Crippen LogP contribution in [-0.2, 0) is 13.6 Å². The van der Waals surface area contributed by atoms with E-state index in [1.165, 1.54) is 0 Å². The maximum Gasteiger partial charge on any atom is 0.257 e. The predicted octanol–water partition coefficient (Wildman–Crippen LogP) is 2.45. The van der Waals surface area contributed by atoms with Gasteiger partial charge in [-0.2, -0.15) is 5.10 Å². The molecule has 0 aliphatic carbocycles. The molecule has 1 saturated heterocycles. The number of amides is 1. The molecule has 29 heavy (non-hydrogen) atoms. The van der Waals surface area contributed by atoms with Gasteiger partial charge in [-0.1, -0.05) is 12.1 Å². The molecule has 0 bridgehead atoms. The number of para-hydroxylation sites is 1. The van der Waals surface area contributed by atoms with Crippen molar-refractivity contribution < 1.29 is 9.53 Å². The lowest BCUT2D eigenvalue weighted by molar-refractivity contribution is 0.0622. The Kier molecular flexibility index (Phi) is 5.57. The lowest BCUT2D eigenvalue weighted by atomic mass is 10.1. The Morgan fingerprint density at radius 2 is 1.90 bits per heavy atom. The number of pyridine rings is 1. The summed E-state index contributed by atoms with van der Waals surface area (Å²) >= 11 is 0. The zero-order valence-corrected chi connectivity index (χ0v) is 16.8. The summed E-state index contributed by atoms with van der Waals surface area (Å²) in [5.74, 6) is 0.652. The van der Waals surface area contributed by atoms with Gasteiger partial charge in [0.1, 0.15) is 5.75 Å². The van der Waals surface area contributed by atoms with Crippen LogP contribution in [0.4, 0.5) is 0 Å². The van der Waals surface area contributed by atoms with Gasteiger partial charge in [0.05, 0.1) is 24.1 Å². The van der Waals surface area contributed by atoms with E-state index in [9.17, 15) is 4.79 Å². The number of aryl methyl sites for hydroxylation is 1. The fraction of sp³-hybridized carbons (Fsp3) is 0.318. The summed E-state index contributed by atoms with van der Waals surface area (Å²) in [6.07, 6.45) is 3.59. The van der Waals surface area contributed by atoms with Gasteiger partial charge in [-0.3, -0.25) is 19.4 Å². The Morgan fingerprint density at radius 1 is 1.10 bits per heavy atom. The number of carbonyl (C=O) groups is 1. The molecule has 0 radical (unpaired) electrons. The van der Waals surface area contributed by atoms with Gasteiger partial charge in [0.25, 0.3) is 5.91 Å². The van der Waals surface area contributed by atoms with Crippen molar-refractivity contribution in [1.82, 2.24) is 24.6 Å². The zero-order chi connectivity index (χ0) is 20.2. The van der Waals surface area contributed by atoms with E-state index in [1.54, 1.807) is 13.3 Å². The molecule has 1 aliphatic rings. The van der Waals surface area contributed by atoms with Crippen LogP contribution in [0.3, 0.4) is 0 Å². The maximum absolute atomic E-state index is 12.9. The summed E-state index contributed by atoms with van der Waals surface area (Å²) in [6, 6.07) is 13.4. The number of benzene rings is 1. The number of carbonyl (C=O) groups excluding carboxylic acids is 1. The highest BCUT2D eigenvalue weighted by molar-refractivity contribution is 5.97. The normalized spacial score (nSPS) is 14.8. The van der Waals surface area contributed by atoms with Gasteiger partial charge in [0.15, 0.2) is 0 Å². The van der Waals surface area contributed by atoms with E-state index in [4.69, 9.17) is 4.74 Å². The molecule has 1 aliphatic heterocycles. The first kappa shape index (κ1) is 19.1. The van der Waals surface area contributed by atoms with Crippen LogP contribution >= 0.6 is 0 Å². The topological polar surface area (TPSA) is 63.5 Å². The molecule has 0 unspecified atom stereocenters. The van der Waals surface area contributed by atoms with E-state index < -0.39 is 0 Å². The van der Waals surface area contributed by atoms with Crippen molar-refractivity contribution in [3.05, 3.63) is 66.1 Å². The lowest BCUT2D eigenvalue weighted by Gasteiger charge is -2.34. The van der Waals surface area contributed by atoms with Crippen LogP contribution in [0.15, 0.2) is 54.9 Å². The summed E-state index contributed by atoms with van der Waals surface area (Å²) in [4.78, 5) is 21.3.